The van der Waals surface area contributed by atoms with Crippen LogP contribution in [0, 0.1) is 0 Å². The molecule has 14 heteroatoms. The van der Waals surface area contributed by atoms with Gasteiger partial charge in [-0.05, 0) is 19.8 Å². The third-order valence-electron chi connectivity index (χ3n) is 5.50. The van der Waals surface area contributed by atoms with Crippen LogP contribution in [0.15, 0.2) is 30.6 Å². The number of carbonyl (C=O) groups excluding carboxylic acids is 1. The minimum absolute atomic E-state index is 0.0224. The lowest BCUT2D eigenvalue weighted by Crippen LogP contribution is -2.51. The van der Waals surface area contributed by atoms with Crippen LogP contribution >= 0.6 is 11.6 Å². The third-order valence-corrected chi connectivity index (χ3v) is 7.35. The maximum atomic E-state index is 12.7. The number of nitrogens with one attached hydrogen (secondary N) is 1. The highest BCUT2D eigenvalue weighted by atomic mass is 35.5. The molecule has 1 fully saturated rings. The number of hydrogen-bond acceptors (Lipinski definition) is 8. The van der Waals surface area contributed by atoms with Crippen LogP contribution in [0.4, 0.5) is 8.78 Å². The number of carbonyl (C=O) groups is 1. The van der Waals surface area contributed by atoms with Crippen molar-refractivity contribution in [3.63, 3.8) is 0 Å². The topological polar surface area (TPSA) is 125 Å². The van der Waals surface area contributed by atoms with Gasteiger partial charge in [0.25, 0.3) is 12.3 Å². The van der Waals surface area contributed by atoms with Gasteiger partial charge in [-0.3, -0.25) is 9.78 Å². The largest absolute Gasteiger partial charge is 0.486 e. The van der Waals surface area contributed by atoms with Crippen LogP contribution in [0.3, 0.4) is 0 Å². The van der Waals surface area contributed by atoms with Crippen LogP contribution in [0.25, 0.3) is 5.65 Å². The highest BCUT2D eigenvalue weighted by Gasteiger charge is 2.35. The Morgan fingerprint density at radius 1 is 1.29 bits per heavy atom. The van der Waals surface area contributed by atoms with Gasteiger partial charge in [-0.25, -0.2) is 21.7 Å². The average Bonchev–Trinajstić information content (AvgIpc) is 3.23. The number of ether oxygens (including phenoxy) is 2. The van der Waals surface area contributed by atoms with Crippen molar-refractivity contribution in [1.82, 2.24) is 24.9 Å². The predicted octanol–water partition coefficient (Wildman–Crippen LogP) is 2.70. The van der Waals surface area contributed by atoms with Gasteiger partial charge >= 0.3 is 0 Å². The highest BCUT2D eigenvalue weighted by Crippen LogP contribution is 2.25. The molecule has 0 bridgehead atoms. The van der Waals surface area contributed by atoms with Crippen LogP contribution in [0.5, 0.6) is 11.6 Å². The van der Waals surface area contributed by atoms with Gasteiger partial charge in [0.15, 0.2) is 11.3 Å². The van der Waals surface area contributed by atoms with E-state index in [1.807, 2.05) is 6.92 Å². The van der Waals surface area contributed by atoms with Crippen LogP contribution < -0.4 is 14.8 Å². The molecule has 0 aromatic carbocycles. The zero-order chi connectivity index (χ0) is 25.2. The molecule has 10 nitrogen and oxygen atoms in total. The minimum Gasteiger partial charge on any atom is -0.486 e. The molecule has 35 heavy (non-hydrogen) atoms. The molecule has 1 N–H and O–H groups in total. The third kappa shape index (κ3) is 6.34. The maximum Gasteiger partial charge on any atom is 0.272 e. The fourth-order valence-electron chi connectivity index (χ4n) is 3.48. The molecule has 0 atom stereocenters. The van der Waals surface area contributed by atoms with Gasteiger partial charge in [-0.1, -0.05) is 11.6 Å². The van der Waals surface area contributed by atoms with Crippen molar-refractivity contribution in [2.75, 3.05) is 18.1 Å². The number of alkyl halides is 2. The van der Waals surface area contributed by atoms with Gasteiger partial charge in [0.2, 0.25) is 5.88 Å². The minimum atomic E-state index is -3.06. The van der Waals surface area contributed by atoms with Crippen molar-refractivity contribution in [2.24, 2.45) is 0 Å². The fourth-order valence-corrected chi connectivity index (χ4v) is 5.36. The first-order valence-corrected chi connectivity index (χ1v) is 12.8. The molecule has 1 aliphatic heterocycles. The fraction of sp³-hybridized carbons (Fsp3) is 0.429. The Morgan fingerprint density at radius 3 is 2.74 bits per heavy atom. The first-order valence-electron chi connectivity index (χ1n) is 10.6. The van der Waals surface area contributed by atoms with Gasteiger partial charge in [0, 0.05) is 36.1 Å². The van der Waals surface area contributed by atoms with Crippen molar-refractivity contribution < 1.29 is 31.5 Å². The summed E-state index contributed by atoms with van der Waals surface area (Å²) in [5.74, 6) is -0.133. The Balaban J connectivity index is 1.44. The number of rotatable bonds is 8. The summed E-state index contributed by atoms with van der Waals surface area (Å²) in [7, 11) is -3.06. The number of fused-ring (bicyclic) bond motifs is 1. The SMILES string of the molecule is CC1(NC(=O)c2cc3nc(OCc4ncc(Cl)cc4OCC(F)F)ccn3n2)CCS(=O)(=O)CC1. The molecule has 1 aliphatic rings. The van der Waals surface area contributed by atoms with E-state index >= 15 is 0 Å². The van der Waals surface area contributed by atoms with Crippen molar-refractivity contribution in [1.29, 1.82) is 0 Å². The molecule has 1 saturated heterocycles. The van der Waals surface area contributed by atoms with Gasteiger partial charge in [0.05, 0.1) is 16.5 Å². The number of amides is 1. The Morgan fingerprint density at radius 2 is 2.03 bits per heavy atom. The molecular weight excluding hydrogens is 508 g/mol. The summed E-state index contributed by atoms with van der Waals surface area (Å²) in [4.78, 5) is 21.1. The van der Waals surface area contributed by atoms with Crippen LogP contribution in [-0.2, 0) is 16.4 Å². The Kier molecular flexibility index (Phi) is 7.08. The second kappa shape index (κ2) is 9.90. The number of pyridine rings is 1. The Bertz CT molecular complexity index is 1340. The van der Waals surface area contributed by atoms with E-state index in [0.717, 1.165) is 0 Å². The first-order chi connectivity index (χ1) is 16.5. The molecule has 0 saturated carbocycles. The Hall–Kier alpha value is -3.06. The second-order valence-corrected chi connectivity index (χ2v) is 11.1. The van der Waals surface area contributed by atoms with Gasteiger partial charge in [0.1, 0.15) is 34.5 Å². The lowest BCUT2D eigenvalue weighted by atomic mass is 9.95. The van der Waals surface area contributed by atoms with Gasteiger partial charge in [-0.15, -0.1) is 0 Å². The van der Waals surface area contributed by atoms with Gasteiger partial charge < -0.3 is 14.8 Å². The number of hydrogen-bond donors (Lipinski definition) is 1. The molecule has 188 valence electrons. The number of halogens is 3. The molecule has 0 aliphatic carbocycles. The predicted molar refractivity (Wildman–Crippen MR) is 122 cm³/mol. The lowest BCUT2D eigenvalue weighted by molar-refractivity contribution is 0.0804. The summed E-state index contributed by atoms with van der Waals surface area (Å²) in [6.07, 6.45) is 0.885. The Labute approximate surface area is 204 Å². The van der Waals surface area contributed by atoms with Crippen LogP contribution in [-0.4, -0.2) is 64.0 Å². The summed E-state index contributed by atoms with van der Waals surface area (Å²) in [5.41, 5.74) is 0.0666. The molecule has 3 aromatic heterocycles. The molecule has 0 radical (unpaired) electrons. The number of sulfone groups is 1. The molecule has 0 unspecified atom stereocenters. The molecule has 1 amide bonds. The number of nitrogens with zero attached hydrogens (tertiary/aromatic N) is 4. The number of aromatic nitrogens is 4. The molecular formula is C21H22ClF2N5O5S. The highest BCUT2D eigenvalue weighted by molar-refractivity contribution is 7.91. The van der Waals surface area contributed by atoms with E-state index in [1.54, 1.807) is 6.20 Å². The second-order valence-electron chi connectivity index (χ2n) is 8.35. The molecule has 4 rings (SSSR count). The van der Waals surface area contributed by atoms with Crippen LogP contribution in [0.2, 0.25) is 5.02 Å². The molecule has 3 aromatic rings. The summed E-state index contributed by atoms with van der Waals surface area (Å²) >= 11 is 5.87. The summed E-state index contributed by atoms with van der Waals surface area (Å²) < 4.78 is 60.5. The van der Waals surface area contributed by atoms with E-state index in [9.17, 15) is 22.0 Å². The zero-order valence-corrected chi connectivity index (χ0v) is 20.2. The first kappa shape index (κ1) is 25.0. The lowest BCUT2D eigenvalue weighted by Gasteiger charge is -2.34. The van der Waals surface area contributed by atoms with E-state index in [1.165, 1.54) is 28.9 Å². The van der Waals surface area contributed by atoms with E-state index in [-0.39, 0.29) is 46.2 Å². The van der Waals surface area contributed by atoms with E-state index in [0.29, 0.717) is 18.5 Å². The van der Waals surface area contributed by atoms with Crippen molar-refractivity contribution in [3.05, 3.63) is 47.0 Å². The maximum absolute atomic E-state index is 12.7. The van der Waals surface area contributed by atoms with Crippen molar-refractivity contribution >= 4 is 33.0 Å². The summed E-state index contributed by atoms with van der Waals surface area (Å²) in [5, 5.41) is 7.32. The van der Waals surface area contributed by atoms with Gasteiger partial charge in [-0.2, -0.15) is 10.1 Å². The van der Waals surface area contributed by atoms with E-state index in [2.05, 4.69) is 20.4 Å². The van der Waals surface area contributed by atoms with Crippen molar-refractivity contribution in [3.8, 4) is 11.6 Å². The quantitative estimate of drug-likeness (QED) is 0.472. The van der Waals surface area contributed by atoms with E-state index < -0.39 is 34.3 Å². The molecule has 0 spiro atoms. The monoisotopic (exact) mass is 529 g/mol. The van der Waals surface area contributed by atoms with Crippen molar-refractivity contribution in [2.45, 2.75) is 38.3 Å². The standard InChI is InChI=1S/C21H22ClF2N5O5S/c1-21(3-6-35(31,32)7-4-21)27-20(30)14-9-18-26-19(2-5-29(18)28-14)34-11-15-16(33-12-17(23)24)8-13(22)10-25-15/h2,5,8-10,17H,3-4,6-7,11-12H2,1H3,(H,27,30). The summed E-state index contributed by atoms with van der Waals surface area (Å²) in [6, 6.07) is 4.36. The summed E-state index contributed by atoms with van der Waals surface area (Å²) in [6.45, 7) is 0.875. The normalized spacial score (nSPS) is 16.8. The van der Waals surface area contributed by atoms with E-state index in [4.69, 9.17) is 21.1 Å². The molecule has 4 heterocycles. The smallest absolute Gasteiger partial charge is 0.272 e. The average molecular weight is 530 g/mol. The zero-order valence-electron chi connectivity index (χ0n) is 18.6. The van der Waals surface area contributed by atoms with Crippen LogP contribution in [0.1, 0.15) is 35.9 Å².